The molecule has 3 amide bonds. The quantitative estimate of drug-likeness (QED) is 0.614. The number of nitrogens with one attached hydrogen (secondary N) is 2. The summed E-state index contributed by atoms with van der Waals surface area (Å²) in [6.45, 7) is 7.42. The number of para-hydroxylation sites is 1. The number of carbonyl (C=O) groups excluding carboxylic acids is 2. The highest BCUT2D eigenvalue weighted by Gasteiger charge is 2.29. The number of anilines is 1. The molecule has 2 heterocycles. The van der Waals surface area contributed by atoms with Gasteiger partial charge in [-0.05, 0) is 70.5 Å². The Balaban J connectivity index is 1.30. The van der Waals surface area contributed by atoms with E-state index in [1.165, 1.54) is 9.71 Å². The summed E-state index contributed by atoms with van der Waals surface area (Å²) in [4.78, 5) is 31.9. The molecule has 1 saturated heterocycles. The van der Waals surface area contributed by atoms with Crippen LogP contribution in [0.15, 0.2) is 42.5 Å². The summed E-state index contributed by atoms with van der Waals surface area (Å²) in [6, 6.07) is 13.2. The number of hydrogen-bond donors (Lipinski definition) is 2. The van der Waals surface area contributed by atoms with Gasteiger partial charge in [-0.3, -0.25) is 15.0 Å². The molecule has 1 aliphatic heterocycles. The zero-order valence-corrected chi connectivity index (χ0v) is 19.0. The normalized spacial score (nSPS) is 16.2. The van der Waals surface area contributed by atoms with E-state index in [0.717, 1.165) is 42.6 Å². The second-order valence-corrected chi connectivity index (χ2v) is 9.33. The van der Waals surface area contributed by atoms with Crippen LogP contribution in [0, 0.1) is 13.8 Å². The van der Waals surface area contributed by atoms with Gasteiger partial charge in [-0.15, -0.1) is 11.3 Å². The fraction of sp³-hybridized carbons (Fsp3) is 0.375. The molecule has 0 radical (unpaired) electrons. The van der Waals surface area contributed by atoms with Crippen molar-refractivity contribution in [1.82, 2.24) is 15.2 Å². The van der Waals surface area contributed by atoms with Crippen LogP contribution in [-0.4, -0.2) is 41.0 Å². The van der Waals surface area contributed by atoms with Gasteiger partial charge in [-0.25, -0.2) is 9.78 Å². The minimum atomic E-state index is -0.492. The number of aryl methyl sites for hydroxylation is 2. The molecule has 1 fully saturated rings. The maximum Gasteiger partial charge on any atom is 0.325 e. The molecule has 2 aromatic carbocycles. The number of carbonyl (C=O) groups is 2. The van der Waals surface area contributed by atoms with Crippen LogP contribution in [0.3, 0.4) is 0 Å². The third kappa shape index (κ3) is 4.94. The second-order valence-electron chi connectivity index (χ2n) is 8.27. The topological polar surface area (TPSA) is 74.3 Å². The van der Waals surface area contributed by atoms with Crippen LogP contribution in [0.1, 0.15) is 41.8 Å². The van der Waals surface area contributed by atoms with Gasteiger partial charge in [0.2, 0.25) is 5.91 Å². The first-order valence-corrected chi connectivity index (χ1v) is 11.5. The number of piperidine rings is 1. The number of likely N-dealkylation sites (tertiary alicyclic amines) is 1. The lowest BCUT2D eigenvalue weighted by Crippen LogP contribution is -2.50. The Labute approximate surface area is 186 Å². The molecule has 1 aliphatic rings. The maximum atomic E-state index is 12.6. The molecule has 0 saturated carbocycles. The number of imide groups is 1. The smallest absolute Gasteiger partial charge is 0.307 e. The van der Waals surface area contributed by atoms with E-state index in [0.29, 0.717) is 11.6 Å². The zero-order valence-electron chi connectivity index (χ0n) is 18.1. The standard InChI is InChI=1S/C24H28N4O2S/c1-15-8-9-19(16(2)14-15)26-24(30)27-22(29)17(3)28-12-10-18(11-13-28)23-25-20-6-4-5-7-21(20)31-23/h4-9,14,17-18H,10-13H2,1-3H3,(H2,26,27,29,30). The van der Waals surface area contributed by atoms with Crippen LogP contribution in [0.4, 0.5) is 10.5 Å². The third-order valence-electron chi connectivity index (χ3n) is 5.98. The molecular formula is C24H28N4O2S. The van der Waals surface area contributed by atoms with Crippen LogP contribution in [0.25, 0.3) is 10.2 Å². The van der Waals surface area contributed by atoms with Crippen molar-refractivity contribution in [2.75, 3.05) is 18.4 Å². The number of thiazole rings is 1. The Bertz CT molecular complexity index is 1070. The van der Waals surface area contributed by atoms with Crippen LogP contribution in [0.5, 0.6) is 0 Å². The summed E-state index contributed by atoms with van der Waals surface area (Å²) in [5, 5.41) is 6.44. The first-order chi connectivity index (χ1) is 14.9. The lowest BCUT2D eigenvalue weighted by atomic mass is 9.96. The van der Waals surface area contributed by atoms with Gasteiger partial charge in [0.25, 0.3) is 0 Å². The molecule has 0 bridgehead atoms. The molecule has 0 aliphatic carbocycles. The summed E-state index contributed by atoms with van der Waals surface area (Å²) in [7, 11) is 0. The Morgan fingerprint density at radius 1 is 1.13 bits per heavy atom. The number of nitrogens with zero attached hydrogens (tertiary/aromatic N) is 2. The number of urea groups is 1. The number of amides is 3. The SMILES string of the molecule is Cc1ccc(NC(=O)NC(=O)C(C)N2CCC(c3nc4ccccc4s3)CC2)c(C)c1. The number of benzene rings is 2. The van der Waals surface area contributed by atoms with Gasteiger partial charge < -0.3 is 5.32 Å². The van der Waals surface area contributed by atoms with Gasteiger partial charge in [0.15, 0.2) is 0 Å². The van der Waals surface area contributed by atoms with E-state index in [4.69, 9.17) is 4.98 Å². The van der Waals surface area contributed by atoms with Crippen molar-refractivity contribution in [3.8, 4) is 0 Å². The Hall–Kier alpha value is -2.77. The van der Waals surface area contributed by atoms with E-state index in [9.17, 15) is 9.59 Å². The summed E-state index contributed by atoms with van der Waals surface area (Å²) in [6.07, 6.45) is 1.93. The van der Waals surface area contributed by atoms with E-state index in [1.807, 2.05) is 51.1 Å². The maximum absolute atomic E-state index is 12.6. The van der Waals surface area contributed by atoms with Gasteiger partial charge in [-0.1, -0.05) is 29.8 Å². The summed E-state index contributed by atoms with van der Waals surface area (Å²) in [5.41, 5.74) is 3.86. The number of rotatable bonds is 4. The predicted molar refractivity (Wildman–Crippen MR) is 126 cm³/mol. The number of aromatic nitrogens is 1. The lowest BCUT2D eigenvalue weighted by Gasteiger charge is -2.34. The van der Waals surface area contributed by atoms with Crippen LogP contribution >= 0.6 is 11.3 Å². The highest BCUT2D eigenvalue weighted by Crippen LogP contribution is 2.34. The molecule has 1 atom stereocenters. The Morgan fingerprint density at radius 3 is 2.58 bits per heavy atom. The largest absolute Gasteiger partial charge is 0.325 e. The molecule has 1 aromatic heterocycles. The van der Waals surface area contributed by atoms with E-state index in [-0.39, 0.29) is 11.9 Å². The molecule has 4 rings (SSSR count). The van der Waals surface area contributed by atoms with E-state index < -0.39 is 6.03 Å². The van der Waals surface area contributed by atoms with Crippen molar-refractivity contribution < 1.29 is 9.59 Å². The van der Waals surface area contributed by atoms with Crippen molar-refractivity contribution in [3.63, 3.8) is 0 Å². The van der Waals surface area contributed by atoms with Gasteiger partial charge in [0.05, 0.1) is 21.3 Å². The van der Waals surface area contributed by atoms with E-state index in [1.54, 1.807) is 11.3 Å². The van der Waals surface area contributed by atoms with Gasteiger partial charge in [0, 0.05) is 11.6 Å². The first kappa shape index (κ1) is 21.5. The Kier molecular flexibility index (Phi) is 6.34. The average molecular weight is 437 g/mol. The average Bonchev–Trinajstić information content (AvgIpc) is 3.19. The van der Waals surface area contributed by atoms with Crippen molar-refractivity contribution >= 4 is 39.2 Å². The fourth-order valence-electron chi connectivity index (χ4n) is 4.09. The van der Waals surface area contributed by atoms with Crippen molar-refractivity contribution in [2.45, 2.75) is 45.6 Å². The molecule has 2 N–H and O–H groups in total. The summed E-state index contributed by atoms with van der Waals surface area (Å²) in [5.74, 6) is 0.150. The predicted octanol–water partition coefficient (Wildman–Crippen LogP) is 4.83. The molecule has 162 valence electrons. The fourth-order valence-corrected chi connectivity index (χ4v) is 5.22. The zero-order chi connectivity index (χ0) is 22.0. The van der Waals surface area contributed by atoms with Crippen LogP contribution < -0.4 is 10.6 Å². The van der Waals surface area contributed by atoms with Crippen molar-refractivity contribution in [1.29, 1.82) is 0 Å². The molecular weight excluding hydrogens is 408 g/mol. The second kappa shape index (κ2) is 9.16. The number of hydrogen-bond acceptors (Lipinski definition) is 5. The van der Waals surface area contributed by atoms with Gasteiger partial charge in [0.1, 0.15) is 0 Å². The molecule has 3 aromatic rings. The van der Waals surface area contributed by atoms with Gasteiger partial charge in [-0.2, -0.15) is 0 Å². The van der Waals surface area contributed by atoms with Crippen LogP contribution in [-0.2, 0) is 4.79 Å². The molecule has 0 spiro atoms. The van der Waals surface area contributed by atoms with Crippen molar-refractivity contribution in [3.05, 3.63) is 58.6 Å². The van der Waals surface area contributed by atoms with Crippen molar-refractivity contribution in [2.24, 2.45) is 0 Å². The third-order valence-corrected chi connectivity index (χ3v) is 7.18. The molecule has 7 heteroatoms. The minimum absolute atomic E-state index is 0.277. The minimum Gasteiger partial charge on any atom is -0.307 e. The number of fused-ring (bicyclic) bond motifs is 1. The molecule has 1 unspecified atom stereocenters. The van der Waals surface area contributed by atoms with E-state index in [2.05, 4.69) is 27.7 Å². The first-order valence-electron chi connectivity index (χ1n) is 10.7. The lowest BCUT2D eigenvalue weighted by molar-refractivity contribution is -0.125. The van der Waals surface area contributed by atoms with Crippen LogP contribution in [0.2, 0.25) is 0 Å². The summed E-state index contributed by atoms with van der Waals surface area (Å²) < 4.78 is 1.22. The molecule has 6 nitrogen and oxygen atoms in total. The Morgan fingerprint density at radius 2 is 1.87 bits per heavy atom. The highest BCUT2D eigenvalue weighted by atomic mass is 32.1. The monoisotopic (exact) mass is 436 g/mol. The highest BCUT2D eigenvalue weighted by molar-refractivity contribution is 7.18. The van der Waals surface area contributed by atoms with Gasteiger partial charge >= 0.3 is 6.03 Å². The van der Waals surface area contributed by atoms with E-state index >= 15 is 0 Å². The molecule has 31 heavy (non-hydrogen) atoms. The summed E-state index contributed by atoms with van der Waals surface area (Å²) >= 11 is 1.77.